The fourth-order valence-electron chi connectivity index (χ4n) is 3.12. The largest absolute Gasteiger partial charge is 0.488 e. The highest BCUT2D eigenvalue weighted by Gasteiger charge is 2.14. The molecule has 5 heteroatoms. The number of thiazole rings is 1. The highest BCUT2D eigenvalue weighted by Crippen LogP contribution is 2.29. The zero-order valence-electron chi connectivity index (χ0n) is 17.4. The van der Waals surface area contributed by atoms with Gasteiger partial charge in [0.25, 0.3) is 0 Å². The van der Waals surface area contributed by atoms with Crippen molar-refractivity contribution in [3.05, 3.63) is 75.3 Å². The van der Waals surface area contributed by atoms with Gasteiger partial charge < -0.3 is 9.84 Å². The molecule has 0 spiro atoms. The number of aromatic nitrogens is 1. The number of aryl methyl sites for hydroxylation is 1. The quantitative estimate of drug-likeness (QED) is 0.568. The second kappa shape index (κ2) is 10.1. The average Bonchev–Trinajstić information content (AvgIpc) is 2.94. The lowest BCUT2D eigenvalue weighted by atomic mass is 9.96. The molecular weight excluding hydrogens is 394 g/mol. The maximum Gasteiger partial charge on any atom is 0.304 e. The van der Waals surface area contributed by atoms with E-state index in [-0.39, 0.29) is 12.3 Å². The lowest BCUT2D eigenvalue weighted by Crippen LogP contribution is -2.04. The maximum atomic E-state index is 11.1. The van der Waals surface area contributed by atoms with Gasteiger partial charge in [-0.25, -0.2) is 4.98 Å². The number of carbonyl (C=O) groups is 1. The molecule has 4 nitrogen and oxygen atoms in total. The van der Waals surface area contributed by atoms with E-state index in [1.807, 2.05) is 31.2 Å². The number of carboxylic acid groups (broad SMARTS) is 1. The molecule has 3 rings (SSSR count). The molecule has 0 radical (unpaired) electrons. The van der Waals surface area contributed by atoms with Crippen molar-refractivity contribution in [2.24, 2.45) is 0 Å². The van der Waals surface area contributed by atoms with Crippen LogP contribution in [-0.2, 0) is 11.4 Å². The van der Waals surface area contributed by atoms with Gasteiger partial charge in [0.05, 0.1) is 22.9 Å². The summed E-state index contributed by atoms with van der Waals surface area (Å²) in [5, 5.41) is 10.1. The molecule has 1 heterocycles. The highest BCUT2D eigenvalue weighted by molar-refractivity contribution is 7.12. The summed E-state index contributed by atoms with van der Waals surface area (Å²) >= 11 is 1.65. The van der Waals surface area contributed by atoms with Crippen LogP contribution in [0.15, 0.2) is 54.1 Å². The van der Waals surface area contributed by atoms with E-state index in [0.717, 1.165) is 38.9 Å². The van der Waals surface area contributed by atoms with Gasteiger partial charge in [-0.05, 0) is 44.9 Å². The second-order valence-electron chi connectivity index (χ2n) is 7.11. The van der Waals surface area contributed by atoms with Gasteiger partial charge in [0.1, 0.15) is 17.4 Å². The Labute approximate surface area is 181 Å². The maximum absolute atomic E-state index is 11.1. The lowest BCUT2D eigenvalue weighted by Gasteiger charge is -2.10. The Bertz CT molecular complexity index is 1060. The normalized spacial score (nSPS) is 14.1. The summed E-state index contributed by atoms with van der Waals surface area (Å²) < 4.78 is 5.96. The third kappa shape index (κ3) is 5.71. The van der Waals surface area contributed by atoms with Crippen LogP contribution in [0.25, 0.3) is 5.57 Å². The van der Waals surface area contributed by atoms with Gasteiger partial charge in [-0.1, -0.05) is 47.9 Å². The van der Waals surface area contributed by atoms with Crippen molar-refractivity contribution in [3.8, 4) is 17.6 Å². The van der Waals surface area contributed by atoms with Crippen LogP contribution in [0, 0.1) is 18.8 Å². The predicted octanol–water partition coefficient (Wildman–Crippen LogP) is 5.90. The Morgan fingerprint density at radius 2 is 2.00 bits per heavy atom. The molecule has 2 aromatic rings. The van der Waals surface area contributed by atoms with Crippen LogP contribution in [0.1, 0.15) is 53.7 Å². The van der Waals surface area contributed by atoms with Gasteiger partial charge in [-0.2, -0.15) is 0 Å². The summed E-state index contributed by atoms with van der Waals surface area (Å²) in [4.78, 5) is 16.9. The fourth-order valence-corrected chi connectivity index (χ4v) is 4.12. The van der Waals surface area contributed by atoms with Gasteiger partial charge in [0, 0.05) is 5.57 Å². The molecule has 0 saturated carbocycles. The minimum Gasteiger partial charge on any atom is -0.488 e. The molecule has 30 heavy (non-hydrogen) atoms. The fraction of sp³-hybridized carbons (Fsp3) is 0.280. The van der Waals surface area contributed by atoms with Crippen molar-refractivity contribution in [2.45, 2.75) is 46.1 Å². The molecule has 0 aliphatic heterocycles. The molecule has 1 atom stereocenters. The van der Waals surface area contributed by atoms with Gasteiger partial charge in [-0.3, -0.25) is 4.79 Å². The first-order valence-electron chi connectivity index (χ1n) is 9.84. The first kappa shape index (κ1) is 21.6. The molecule has 1 aliphatic rings. The summed E-state index contributed by atoms with van der Waals surface area (Å²) in [5.74, 6) is 5.34. The van der Waals surface area contributed by atoms with Crippen LogP contribution in [0.5, 0.6) is 5.75 Å². The molecule has 0 fully saturated rings. The van der Waals surface area contributed by atoms with E-state index in [0.29, 0.717) is 6.61 Å². The molecule has 1 aromatic heterocycles. The Morgan fingerprint density at radius 3 is 2.70 bits per heavy atom. The third-order valence-electron chi connectivity index (χ3n) is 4.79. The molecule has 0 saturated heterocycles. The second-order valence-corrected chi connectivity index (χ2v) is 8.19. The monoisotopic (exact) mass is 419 g/mol. The molecule has 0 amide bonds. The van der Waals surface area contributed by atoms with Crippen LogP contribution >= 0.6 is 11.3 Å². The summed E-state index contributed by atoms with van der Waals surface area (Å²) in [5.41, 5.74) is 4.27. The first-order valence-corrected chi connectivity index (χ1v) is 10.7. The van der Waals surface area contributed by atoms with Gasteiger partial charge in [0.2, 0.25) is 0 Å². The van der Waals surface area contributed by atoms with Crippen molar-refractivity contribution in [3.63, 3.8) is 0 Å². The SMILES string of the molecule is CC#CC(CC(=O)O)c1ccc(OCc2sc(C3=CCC=C(C)C=C3)nc2C)cc1. The molecular formula is C25H25NO3S. The molecule has 154 valence electrons. The van der Waals surface area contributed by atoms with E-state index in [1.165, 1.54) is 5.57 Å². The predicted molar refractivity (Wildman–Crippen MR) is 122 cm³/mol. The number of allylic oxidation sites excluding steroid dienone is 6. The lowest BCUT2D eigenvalue weighted by molar-refractivity contribution is -0.137. The van der Waals surface area contributed by atoms with E-state index >= 15 is 0 Å². The number of hydrogen-bond acceptors (Lipinski definition) is 4. The van der Waals surface area contributed by atoms with Crippen LogP contribution in [-0.4, -0.2) is 16.1 Å². The minimum absolute atomic E-state index is 0.0107. The van der Waals surface area contributed by atoms with Crippen molar-refractivity contribution >= 4 is 22.9 Å². The van der Waals surface area contributed by atoms with E-state index in [1.54, 1.807) is 18.3 Å². The van der Waals surface area contributed by atoms with Crippen LogP contribution < -0.4 is 4.74 Å². The Morgan fingerprint density at radius 1 is 1.23 bits per heavy atom. The van der Waals surface area contributed by atoms with Crippen LogP contribution in [0.4, 0.5) is 0 Å². The van der Waals surface area contributed by atoms with Gasteiger partial charge in [0.15, 0.2) is 0 Å². The summed E-state index contributed by atoms with van der Waals surface area (Å²) in [6.07, 6.45) is 9.53. The van der Waals surface area contributed by atoms with E-state index in [9.17, 15) is 4.79 Å². The zero-order valence-corrected chi connectivity index (χ0v) is 18.3. The van der Waals surface area contributed by atoms with Crippen molar-refractivity contribution in [1.29, 1.82) is 0 Å². The molecule has 1 aliphatic carbocycles. The number of aliphatic carboxylic acids is 1. The van der Waals surface area contributed by atoms with E-state index in [4.69, 9.17) is 14.8 Å². The first-order chi connectivity index (χ1) is 14.5. The zero-order chi connectivity index (χ0) is 21.5. The Hall–Kier alpha value is -3.10. The van der Waals surface area contributed by atoms with Crippen molar-refractivity contribution < 1.29 is 14.6 Å². The number of carboxylic acids is 1. The molecule has 1 N–H and O–H groups in total. The smallest absolute Gasteiger partial charge is 0.304 e. The Balaban J connectivity index is 1.66. The number of ether oxygens (including phenoxy) is 1. The highest BCUT2D eigenvalue weighted by atomic mass is 32.1. The Kier molecular flexibility index (Phi) is 7.26. The van der Waals surface area contributed by atoms with Gasteiger partial charge >= 0.3 is 5.97 Å². The van der Waals surface area contributed by atoms with Crippen LogP contribution in [0.2, 0.25) is 0 Å². The number of nitrogens with zero attached hydrogens (tertiary/aromatic N) is 1. The number of benzene rings is 1. The summed E-state index contributed by atoms with van der Waals surface area (Å²) in [7, 11) is 0. The molecule has 1 aromatic carbocycles. The third-order valence-corrected chi connectivity index (χ3v) is 5.97. The van der Waals surface area contributed by atoms with E-state index in [2.05, 4.69) is 43.1 Å². The summed E-state index contributed by atoms with van der Waals surface area (Å²) in [6.45, 7) is 6.27. The topological polar surface area (TPSA) is 59.4 Å². The molecule has 1 unspecified atom stereocenters. The standard InChI is InChI=1S/C25H25NO3S/c1-4-6-21(15-24(27)28)19-11-13-22(14-12-19)29-16-23-18(3)26-25(30-23)20-8-5-7-17(2)9-10-20/h7-14,21H,5,15-16H2,1-3H3,(H,27,28). The summed E-state index contributed by atoms with van der Waals surface area (Å²) in [6, 6.07) is 7.50. The number of hydrogen-bond donors (Lipinski definition) is 1. The van der Waals surface area contributed by atoms with Gasteiger partial charge in [-0.15, -0.1) is 17.3 Å². The van der Waals surface area contributed by atoms with Crippen LogP contribution in [0.3, 0.4) is 0 Å². The average molecular weight is 420 g/mol. The van der Waals surface area contributed by atoms with Crippen molar-refractivity contribution in [1.82, 2.24) is 4.98 Å². The molecule has 0 bridgehead atoms. The van der Waals surface area contributed by atoms with E-state index < -0.39 is 5.97 Å². The number of rotatable bonds is 7. The van der Waals surface area contributed by atoms with Crippen molar-refractivity contribution in [2.75, 3.05) is 0 Å². The minimum atomic E-state index is -0.857.